The van der Waals surface area contributed by atoms with Gasteiger partial charge in [-0.25, -0.2) is 9.97 Å². The molecule has 0 fully saturated rings. The first kappa shape index (κ1) is 18.2. The molecular formula is C16H18N4O5S. The predicted octanol–water partition coefficient (Wildman–Crippen LogP) is 2.43. The van der Waals surface area contributed by atoms with Gasteiger partial charge in [-0.1, -0.05) is 0 Å². The molecule has 0 saturated heterocycles. The Morgan fingerprint density at radius 2 is 1.88 bits per heavy atom. The normalized spacial score (nSPS) is 11.2. The van der Waals surface area contributed by atoms with Gasteiger partial charge in [0.1, 0.15) is 4.92 Å². The lowest BCUT2D eigenvalue weighted by Gasteiger charge is -2.24. The summed E-state index contributed by atoms with van der Waals surface area (Å²) in [5.74, 6) is 0.779. The quantitative estimate of drug-likeness (QED) is 0.429. The highest BCUT2D eigenvalue weighted by Gasteiger charge is 2.20. The molecule has 26 heavy (non-hydrogen) atoms. The number of aliphatic hydroxyl groups excluding tert-OH is 2. The molecule has 0 aromatic carbocycles. The molecule has 10 heteroatoms. The highest BCUT2D eigenvalue weighted by atomic mass is 32.1. The summed E-state index contributed by atoms with van der Waals surface area (Å²) < 4.78 is 6.11. The second-order valence-electron chi connectivity index (χ2n) is 5.54. The van der Waals surface area contributed by atoms with Crippen LogP contribution in [0.3, 0.4) is 0 Å². The van der Waals surface area contributed by atoms with Crippen LogP contribution in [0.5, 0.6) is 0 Å². The van der Waals surface area contributed by atoms with Gasteiger partial charge in [0.2, 0.25) is 0 Å². The summed E-state index contributed by atoms with van der Waals surface area (Å²) in [6, 6.07) is 4.59. The minimum absolute atomic E-state index is 0.0472. The third-order valence-corrected chi connectivity index (χ3v) is 4.65. The number of aliphatic hydroxyl groups is 2. The Balaban J connectivity index is 2.04. The van der Waals surface area contributed by atoms with Crippen LogP contribution in [-0.4, -0.2) is 51.4 Å². The van der Waals surface area contributed by atoms with Crippen LogP contribution >= 0.6 is 11.3 Å². The Kier molecular flexibility index (Phi) is 5.76. The maximum atomic E-state index is 10.8. The molecule has 3 aromatic rings. The molecule has 0 unspecified atom stereocenters. The van der Waals surface area contributed by atoms with Crippen molar-refractivity contribution < 1.29 is 19.6 Å². The Bertz CT molecular complexity index is 886. The maximum Gasteiger partial charge on any atom is 0.433 e. The first-order valence-electron chi connectivity index (χ1n) is 8.10. The number of hydrogen-bond acceptors (Lipinski definition) is 9. The molecule has 0 aliphatic heterocycles. The highest BCUT2D eigenvalue weighted by molar-refractivity contribution is 7.17. The van der Waals surface area contributed by atoms with E-state index in [0.29, 0.717) is 37.3 Å². The van der Waals surface area contributed by atoms with Gasteiger partial charge in [-0.05, 0) is 30.4 Å². The van der Waals surface area contributed by atoms with Gasteiger partial charge in [-0.2, -0.15) is 0 Å². The van der Waals surface area contributed by atoms with Crippen molar-refractivity contribution in [3.05, 3.63) is 33.7 Å². The van der Waals surface area contributed by atoms with Crippen LogP contribution in [0.2, 0.25) is 0 Å². The van der Waals surface area contributed by atoms with E-state index in [-0.39, 0.29) is 30.7 Å². The minimum Gasteiger partial charge on any atom is -0.397 e. The summed E-state index contributed by atoms with van der Waals surface area (Å²) in [5.41, 5.74) is 0.715. The second kappa shape index (κ2) is 8.21. The average molecular weight is 378 g/mol. The van der Waals surface area contributed by atoms with Crippen molar-refractivity contribution in [1.82, 2.24) is 9.97 Å². The molecule has 0 saturated carbocycles. The molecule has 3 aromatic heterocycles. The Hall–Kier alpha value is -2.56. The van der Waals surface area contributed by atoms with E-state index in [1.807, 2.05) is 16.3 Å². The smallest absolute Gasteiger partial charge is 0.397 e. The lowest BCUT2D eigenvalue weighted by Crippen LogP contribution is -2.28. The Morgan fingerprint density at radius 3 is 2.50 bits per heavy atom. The van der Waals surface area contributed by atoms with E-state index in [2.05, 4.69) is 9.97 Å². The number of nitro groups is 1. The van der Waals surface area contributed by atoms with Gasteiger partial charge in [0.05, 0.1) is 16.3 Å². The van der Waals surface area contributed by atoms with Crippen LogP contribution in [0, 0.1) is 10.1 Å². The molecule has 3 rings (SSSR count). The fourth-order valence-electron chi connectivity index (χ4n) is 2.57. The monoisotopic (exact) mass is 378 g/mol. The van der Waals surface area contributed by atoms with E-state index < -0.39 is 4.92 Å². The molecule has 138 valence electrons. The predicted molar refractivity (Wildman–Crippen MR) is 97.4 cm³/mol. The number of nitrogens with zero attached hydrogens (tertiary/aromatic N) is 4. The highest BCUT2D eigenvalue weighted by Crippen LogP contribution is 2.33. The molecule has 0 amide bonds. The topological polar surface area (TPSA) is 126 Å². The van der Waals surface area contributed by atoms with Crippen LogP contribution in [-0.2, 0) is 0 Å². The minimum atomic E-state index is -0.609. The van der Waals surface area contributed by atoms with E-state index >= 15 is 0 Å². The standard InChI is InChI=1S/C16H18N4O5S/c21-8-1-6-19(7-2-9-22)16-14-11(5-10-26-14)17-15(18-16)12-3-4-13(25-12)20(23)24/h3-5,10,21-22H,1-2,6-9H2. The maximum absolute atomic E-state index is 10.8. The summed E-state index contributed by atoms with van der Waals surface area (Å²) in [6.07, 6.45) is 1.12. The molecule has 3 heterocycles. The zero-order valence-electron chi connectivity index (χ0n) is 13.9. The fraction of sp³-hybridized carbons (Fsp3) is 0.375. The SMILES string of the molecule is O=[N+]([O-])c1ccc(-c2nc(N(CCCO)CCCO)c3sccc3n2)o1. The van der Waals surface area contributed by atoms with Gasteiger partial charge >= 0.3 is 5.88 Å². The van der Waals surface area contributed by atoms with Crippen molar-refractivity contribution in [2.45, 2.75) is 12.8 Å². The van der Waals surface area contributed by atoms with Crippen molar-refractivity contribution >= 4 is 33.3 Å². The van der Waals surface area contributed by atoms with Gasteiger partial charge in [0.25, 0.3) is 0 Å². The zero-order valence-corrected chi connectivity index (χ0v) is 14.7. The number of anilines is 1. The van der Waals surface area contributed by atoms with E-state index in [0.717, 1.165) is 4.70 Å². The lowest BCUT2D eigenvalue weighted by atomic mass is 10.3. The average Bonchev–Trinajstić information content (AvgIpc) is 3.30. The number of rotatable bonds is 9. The van der Waals surface area contributed by atoms with Gasteiger partial charge in [-0.15, -0.1) is 11.3 Å². The summed E-state index contributed by atoms with van der Waals surface area (Å²) in [5, 5.41) is 31.1. The third-order valence-electron chi connectivity index (χ3n) is 3.75. The Labute approximate surface area is 152 Å². The van der Waals surface area contributed by atoms with Crippen molar-refractivity contribution in [3.63, 3.8) is 0 Å². The molecule has 0 spiro atoms. The number of hydrogen-bond donors (Lipinski definition) is 2. The molecule has 0 bridgehead atoms. The largest absolute Gasteiger partial charge is 0.433 e. The van der Waals surface area contributed by atoms with Crippen LogP contribution in [0.25, 0.3) is 21.8 Å². The number of thiophene rings is 1. The molecule has 9 nitrogen and oxygen atoms in total. The van der Waals surface area contributed by atoms with Gasteiger partial charge < -0.3 is 19.5 Å². The van der Waals surface area contributed by atoms with Gasteiger partial charge in [0.15, 0.2) is 17.4 Å². The molecular weight excluding hydrogens is 360 g/mol. The second-order valence-corrected chi connectivity index (χ2v) is 6.46. The molecule has 2 N–H and O–H groups in total. The van der Waals surface area contributed by atoms with Crippen molar-refractivity contribution in [3.8, 4) is 11.6 Å². The first-order valence-corrected chi connectivity index (χ1v) is 8.98. The van der Waals surface area contributed by atoms with Crippen LogP contribution in [0.15, 0.2) is 28.0 Å². The molecule has 0 aliphatic rings. The Morgan fingerprint density at radius 1 is 1.15 bits per heavy atom. The molecule has 0 atom stereocenters. The number of fused-ring (bicyclic) bond motifs is 1. The number of furan rings is 1. The van der Waals surface area contributed by atoms with Crippen molar-refractivity contribution in [1.29, 1.82) is 0 Å². The van der Waals surface area contributed by atoms with Crippen molar-refractivity contribution in [2.24, 2.45) is 0 Å². The van der Waals surface area contributed by atoms with Crippen LogP contribution in [0.4, 0.5) is 11.7 Å². The summed E-state index contributed by atoms with van der Waals surface area (Å²) in [6.45, 7) is 1.23. The van der Waals surface area contributed by atoms with E-state index in [4.69, 9.17) is 14.6 Å². The van der Waals surface area contributed by atoms with Gasteiger partial charge in [-0.3, -0.25) is 10.1 Å². The summed E-state index contributed by atoms with van der Waals surface area (Å²) in [7, 11) is 0. The first-order chi connectivity index (χ1) is 12.6. The fourth-order valence-corrected chi connectivity index (χ4v) is 3.41. The number of aromatic nitrogens is 2. The molecule has 0 aliphatic carbocycles. The van der Waals surface area contributed by atoms with E-state index in [1.54, 1.807) is 0 Å². The van der Waals surface area contributed by atoms with E-state index in [1.165, 1.54) is 23.5 Å². The summed E-state index contributed by atoms with van der Waals surface area (Å²) >= 11 is 1.49. The van der Waals surface area contributed by atoms with Crippen molar-refractivity contribution in [2.75, 3.05) is 31.2 Å². The van der Waals surface area contributed by atoms with Crippen LogP contribution < -0.4 is 4.90 Å². The van der Waals surface area contributed by atoms with Crippen LogP contribution in [0.1, 0.15) is 12.8 Å². The lowest BCUT2D eigenvalue weighted by molar-refractivity contribution is -0.401. The zero-order chi connectivity index (χ0) is 18.5. The van der Waals surface area contributed by atoms with Gasteiger partial charge in [0, 0.05) is 26.3 Å². The third kappa shape index (κ3) is 3.82. The summed E-state index contributed by atoms with van der Waals surface area (Å²) in [4.78, 5) is 21.2. The molecule has 0 radical (unpaired) electrons. The van der Waals surface area contributed by atoms with E-state index in [9.17, 15) is 10.1 Å².